The van der Waals surface area contributed by atoms with Crippen molar-refractivity contribution in [1.82, 2.24) is 9.97 Å². The van der Waals surface area contributed by atoms with Crippen LogP contribution in [-0.4, -0.2) is 35.6 Å². The van der Waals surface area contributed by atoms with E-state index >= 15 is 0 Å². The molecule has 1 aromatic heterocycles. The lowest BCUT2D eigenvalue weighted by Gasteiger charge is -2.32. The van der Waals surface area contributed by atoms with Gasteiger partial charge in [0, 0.05) is 6.04 Å². The van der Waals surface area contributed by atoms with Gasteiger partial charge in [-0.05, 0) is 13.8 Å². The molecule has 0 saturated carbocycles. The Labute approximate surface area is 93.6 Å². The zero-order valence-electron chi connectivity index (χ0n) is 9.52. The maximum Gasteiger partial charge on any atom is 0.244 e. The van der Waals surface area contributed by atoms with Crippen LogP contribution in [-0.2, 0) is 4.79 Å². The molecule has 1 aromatic rings. The summed E-state index contributed by atoms with van der Waals surface area (Å²) >= 11 is 0. The van der Waals surface area contributed by atoms with E-state index in [-0.39, 0.29) is 11.9 Å². The Morgan fingerprint density at radius 1 is 1.50 bits per heavy atom. The van der Waals surface area contributed by atoms with Crippen LogP contribution in [0.2, 0.25) is 0 Å². The summed E-state index contributed by atoms with van der Waals surface area (Å²) in [7, 11) is 1.52. The van der Waals surface area contributed by atoms with Crippen molar-refractivity contribution < 1.29 is 9.53 Å². The molecule has 1 aliphatic heterocycles. The molecule has 0 spiro atoms. The molecular formula is C10H14N4O2. The lowest BCUT2D eigenvalue weighted by Crippen LogP contribution is -2.43. The van der Waals surface area contributed by atoms with E-state index in [1.54, 1.807) is 0 Å². The van der Waals surface area contributed by atoms with Crippen molar-refractivity contribution in [2.45, 2.75) is 19.9 Å². The van der Waals surface area contributed by atoms with Gasteiger partial charge in [-0.1, -0.05) is 0 Å². The largest absolute Gasteiger partial charge is 0.479 e. The van der Waals surface area contributed by atoms with Crippen molar-refractivity contribution in [3.63, 3.8) is 0 Å². The SMILES string of the molecule is COc1ncnc2c1NC(=O)CN2C(C)C. The summed E-state index contributed by atoms with van der Waals surface area (Å²) in [6, 6.07) is 0.199. The van der Waals surface area contributed by atoms with Crippen LogP contribution in [0.15, 0.2) is 6.33 Å². The Balaban J connectivity index is 2.51. The number of amides is 1. The highest BCUT2D eigenvalue weighted by Gasteiger charge is 2.28. The first kappa shape index (κ1) is 10.7. The lowest BCUT2D eigenvalue weighted by molar-refractivity contribution is -0.115. The van der Waals surface area contributed by atoms with Gasteiger partial charge in [-0.2, -0.15) is 4.98 Å². The number of carbonyl (C=O) groups is 1. The minimum atomic E-state index is -0.0747. The Kier molecular flexibility index (Phi) is 2.64. The zero-order valence-corrected chi connectivity index (χ0v) is 9.52. The molecule has 1 N–H and O–H groups in total. The van der Waals surface area contributed by atoms with E-state index in [1.165, 1.54) is 13.4 Å². The molecule has 0 bridgehead atoms. The van der Waals surface area contributed by atoms with Crippen molar-refractivity contribution in [3.8, 4) is 5.88 Å². The van der Waals surface area contributed by atoms with Gasteiger partial charge < -0.3 is 15.0 Å². The molecular weight excluding hydrogens is 208 g/mol. The Bertz CT molecular complexity index is 419. The second kappa shape index (κ2) is 3.96. The number of nitrogens with one attached hydrogen (secondary N) is 1. The number of fused-ring (bicyclic) bond motifs is 1. The van der Waals surface area contributed by atoms with Gasteiger partial charge in [0.15, 0.2) is 5.82 Å². The van der Waals surface area contributed by atoms with Crippen molar-refractivity contribution in [3.05, 3.63) is 6.33 Å². The number of aromatic nitrogens is 2. The predicted molar refractivity (Wildman–Crippen MR) is 59.7 cm³/mol. The summed E-state index contributed by atoms with van der Waals surface area (Å²) in [5, 5.41) is 2.73. The molecule has 0 aliphatic carbocycles. The minimum Gasteiger partial charge on any atom is -0.479 e. The van der Waals surface area contributed by atoms with Crippen LogP contribution in [0.25, 0.3) is 0 Å². The van der Waals surface area contributed by atoms with Crippen LogP contribution >= 0.6 is 0 Å². The highest BCUT2D eigenvalue weighted by atomic mass is 16.5. The fraction of sp³-hybridized carbons (Fsp3) is 0.500. The summed E-state index contributed by atoms with van der Waals surface area (Å²) < 4.78 is 5.10. The van der Waals surface area contributed by atoms with Gasteiger partial charge in [0.05, 0.1) is 13.7 Å². The van der Waals surface area contributed by atoms with Crippen LogP contribution in [0.5, 0.6) is 5.88 Å². The maximum absolute atomic E-state index is 11.5. The number of anilines is 2. The first-order chi connectivity index (χ1) is 7.63. The van der Waals surface area contributed by atoms with Crippen molar-refractivity contribution in [2.75, 3.05) is 23.9 Å². The summed E-state index contributed by atoms with van der Waals surface area (Å²) in [6.07, 6.45) is 1.44. The van der Waals surface area contributed by atoms with Crippen molar-refractivity contribution in [2.24, 2.45) is 0 Å². The topological polar surface area (TPSA) is 67.4 Å². The first-order valence-electron chi connectivity index (χ1n) is 5.09. The van der Waals surface area contributed by atoms with E-state index in [4.69, 9.17) is 4.74 Å². The Morgan fingerprint density at radius 2 is 2.25 bits per heavy atom. The summed E-state index contributed by atoms with van der Waals surface area (Å²) in [5.74, 6) is 1.03. The average Bonchev–Trinajstić information content (AvgIpc) is 2.27. The lowest BCUT2D eigenvalue weighted by atomic mass is 10.2. The highest BCUT2D eigenvalue weighted by Crippen LogP contribution is 2.34. The molecule has 0 atom stereocenters. The van der Waals surface area contributed by atoms with E-state index in [2.05, 4.69) is 15.3 Å². The molecule has 0 saturated heterocycles. The number of carbonyl (C=O) groups excluding carboxylic acids is 1. The van der Waals surface area contributed by atoms with Gasteiger partial charge in [0.1, 0.15) is 12.0 Å². The van der Waals surface area contributed by atoms with Gasteiger partial charge in [0.25, 0.3) is 0 Å². The van der Waals surface area contributed by atoms with Gasteiger partial charge in [0.2, 0.25) is 11.8 Å². The molecule has 2 rings (SSSR count). The molecule has 0 fully saturated rings. The summed E-state index contributed by atoms with van der Waals surface area (Å²) in [4.78, 5) is 21.6. The molecule has 86 valence electrons. The minimum absolute atomic E-state index is 0.0747. The van der Waals surface area contributed by atoms with E-state index in [0.29, 0.717) is 23.9 Å². The number of nitrogens with zero attached hydrogens (tertiary/aromatic N) is 3. The molecule has 2 heterocycles. The number of hydrogen-bond acceptors (Lipinski definition) is 5. The molecule has 0 radical (unpaired) electrons. The number of methoxy groups -OCH3 is 1. The standard InChI is InChI=1S/C10H14N4O2/c1-6(2)14-4-7(15)13-8-9(14)11-5-12-10(8)16-3/h5-6H,4H2,1-3H3,(H,13,15). The monoisotopic (exact) mass is 222 g/mol. The Morgan fingerprint density at radius 3 is 2.88 bits per heavy atom. The molecule has 6 nitrogen and oxygen atoms in total. The molecule has 6 heteroatoms. The van der Waals surface area contributed by atoms with Crippen molar-refractivity contribution >= 4 is 17.4 Å². The zero-order chi connectivity index (χ0) is 11.7. The first-order valence-corrected chi connectivity index (χ1v) is 5.09. The third-order valence-corrected chi connectivity index (χ3v) is 2.46. The fourth-order valence-electron chi connectivity index (χ4n) is 1.68. The Hall–Kier alpha value is -1.85. The van der Waals surface area contributed by atoms with Gasteiger partial charge in [-0.15, -0.1) is 0 Å². The predicted octanol–water partition coefficient (Wildman–Crippen LogP) is 0.652. The third kappa shape index (κ3) is 1.66. The quantitative estimate of drug-likeness (QED) is 0.795. The van der Waals surface area contributed by atoms with E-state index < -0.39 is 0 Å². The number of hydrogen-bond donors (Lipinski definition) is 1. The second-order valence-electron chi connectivity index (χ2n) is 3.85. The van der Waals surface area contributed by atoms with Crippen molar-refractivity contribution in [1.29, 1.82) is 0 Å². The second-order valence-corrected chi connectivity index (χ2v) is 3.85. The van der Waals surface area contributed by atoms with E-state index in [0.717, 1.165) is 0 Å². The maximum atomic E-state index is 11.5. The van der Waals surface area contributed by atoms with Crippen LogP contribution in [0.1, 0.15) is 13.8 Å². The molecule has 16 heavy (non-hydrogen) atoms. The van der Waals surface area contributed by atoms with Crippen LogP contribution in [0, 0.1) is 0 Å². The van der Waals surface area contributed by atoms with Gasteiger partial charge >= 0.3 is 0 Å². The van der Waals surface area contributed by atoms with Gasteiger partial charge in [-0.3, -0.25) is 4.79 Å². The number of rotatable bonds is 2. The summed E-state index contributed by atoms with van der Waals surface area (Å²) in [6.45, 7) is 4.33. The fourth-order valence-corrected chi connectivity index (χ4v) is 1.68. The van der Waals surface area contributed by atoms with E-state index in [9.17, 15) is 4.79 Å². The van der Waals surface area contributed by atoms with E-state index in [1.807, 2.05) is 18.7 Å². The molecule has 1 amide bonds. The highest BCUT2D eigenvalue weighted by molar-refractivity contribution is 6.01. The third-order valence-electron chi connectivity index (χ3n) is 2.46. The molecule has 0 unspecified atom stereocenters. The smallest absolute Gasteiger partial charge is 0.244 e. The normalized spacial score (nSPS) is 14.8. The van der Waals surface area contributed by atoms with Crippen LogP contribution in [0.4, 0.5) is 11.5 Å². The number of ether oxygens (including phenoxy) is 1. The van der Waals surface area contributed by atoms with Crippen LogP contribution in [0.3, 0.4) is 0 Å². The molecule has 1 aliphatic rings. The average molecular weight is 222 g/mol. The van der Waals surface area contributed by atoms with Crippen LogP contribution < -0.4 is 15.0 Å². The molecule has 0 aromatic carbocycles. The summed E-state index contributed by atoms with van der Waals surface area (Å²) in [5.41, 5.74) is 0.551. The van der Waals surface area contributed by atoms with Gasteiger partial charge in [-0.25, -0.2) is 4.98 Å².